The van der Waals surface area contributed by atoms with Crippen LogP contribution in [-0.4, -0.2) is 35.9 Å². The molecule has 20 heavy (non-hydrogen) atoms. The lowest BCUT2D eigenvalue weighted by Gasteiger charge is -2.27. The van der Waals surface area contributed by atoms with Gasteiger partial charge in [-0.15, -0.1) is 0 Å². The molecule has 0 amide bonds. The maximum absolute atomic E-state index is 11.9. The van der Waals surface area contributed by atoms with E-state index in [-0.39, 0.29) is 12.4 Å². The first kappa shape index (κ1) is 17.3. The van der Waals surface area contributed by atoms with E-state index in [2.05, 4.69) is 31.9 Å². The van der Waals surface area contributed by atoms with Crippen LogP contribution in [0.1, 0.15) is 24.2 Å². The number of methoxy groups -OCH3 is 1. The van der Waals surface area contributed by atoms with Crippen LogP contribution in [0.15, 0.2) is 28.7 Å². The van der Waals surface area contributed by atoms with Gasteiger partial charge in [-0.05, 0) is 26.0 Å². The molecule has 0 aliphatic rings. The highest BCUT2D eigenvalue weighted by Crippen LogP contribution is 2.22. The lowest BCUT2D eigenvalue weighted by molar-refractivity contribution is -0.146. The lowest BCUT2D eigenvalue weighted by atomic mass is 10.1. The number of Topliss-reactive ketones (excluding diaryl/α,β-unsaturated/α-hetero) is 1. The summed E-state index contributed by atoms with van der Waals surface area (Å²) in [4.78, 5) is 23.1. The fraction of sp³-hybridized carbons (Fsp3) is 0.429. The topological polar surface area (TPSA) is 52.6 Å². The highest BCUT2D eigenvalue weighted by molar-refractivity contribution is 9.10. The summed E-state index contributed by atoms with van der Waals surface area (Å²) in [5.74, 6) is -0.775. The van der Waals surface area contributed by atoms with Crippen LogP contribution >= 0.6 is 31.9 Å². The average molecular weight is 408 g/mol. The molecule has 0 bridgehead atoms. The third-order valence-corrected chi connectivity index (χ3v) is 4.86. The van der Waals surface area contributed by atoms with Gasteiger partial charge in [0.1, 0.15) is 4.83 Å². The predicted molar refractivity (Wildman–Crippen MR) is 83.2 cm³/mol. The van der Waals surface area contributed by atoms with Gasteiger partial charge in [0.25, 0.3) is 0 Å². The van der Waals surface area contributed by atoms with Gasteiger partial charge >= 0.3 is 5.97 Å². The fourth-order valence-electron chi connectivity index (χ4n) is 1.32. The number of rotatable bonds is 6. The van der Waals surface area contributed by atoms with Gasteiger partial charge in [0, 0.05) is 17.1 Å². The summed E-state index contributed by atoms with van der Waals surface area (Å²) in [6.07, 6.45) is 0. The van der Waals surface area contributed by atoms with E-state index in [4.69, 9.17) is 9.47 Å². The van der Waals surface area contributed by atoms with E-state index in [1.807, 2.05) is 0 Å². The van der Waals surface area contributed by atoms with E-state index in [1.165, 1.54) is 7.11 Å². The summed E-state index contributed by atoms with van der Waals surface area (Å²) < 4.78 is 11.1. The van der Waals surface area contributed by atoms with E-state index in [0.717, 1.165) is 4.47 Å². The van der Waals surface area contributed by atoms with Gasteiger partial charge in [0.2, 0.25) is 0 Å². The number of alkyl halides is 1. The molecule has 0 aliphatic heterocycles. The molecule has 6 heteroatoms. The molecule has 1 aromatic carbocycles. The van der Waals surface area contributed by atoms with E-state index in [1.54, 1.807) is 38.1 Å². The van der Waals surface area contributed by atoms with Crippen LogP contribution in [0.2, 0.25) is 0 Å². The first-order chi connectivity index (χ1) is 9.27. The van der Waals surface area contributed by atoms with E-state index in [0.29, 0.717) is 5.56 Å². The van der Waals surface area contributed by atoms with Crippen molar-refractivity contribution >= 4 is 43.6 Å². The molecule has 0 saturated carbocycles. The Hall–Kier alpha value is -0.720. The Bertz CT molecular complexity index is 482. The second-order valence-electron chi connectivity index (χ2n) is 4.71. The molecule has 0 heterocycles. The Balaban J connectivity index is 2.57. The third-order valence-electron chi connectivity index (χ3n) is 2.86. The van der Waals surface area contributed by atoms with Gasteiger partial charge < -0.3 is 9.47 Å². The van der Waals surface area contributed by atoms with Gasteiger partial charge in [0.05, 0.1) is 5.60 Å². The zero-order valence-electron chi connectivity index (χ0n) is 11.5. The smallest absolute Gasteiger partial charge is 0.323 e. The maximum atomic E-state index is 11.9. The molecule has 0 aliphatic carbocycles. The molecule has 0 spiro atoms. The second kappa shape index (κ2) is 7.33. The van der Waals surface area contributed by atoms with E-state index >= 15 is 0 Å². The Morgan fingerprint density at radius 1 is 1.25 bits per heavy atom. The SMILES string of the molecule is COC(C)(C)[C@@H](Br)C(=O)OCC(=O)c1ccc(Br)cc1. The summed E-state index contributed by atoms with van der Waals surface area (Å²) in [5.41, 5.74) is -0.212. The van der Waals surface area contributed by atoms with Crippen LogP contribution in [0, 0.1) is 0 Å². The summed E-state index contributed by atoms with van der Waals surface area (Å²) in [7, 11) is 1.51. The minimum absolute atomic E-state index is 0.249. The molecule has 4 nitrogen and oxygen atoms in total. The highest BCUT2D eigenvalue weighted by Gasteiger charge is 2.34. The molecule has 0 N–H and O–H groups in total. The number of carbonyl (C=O) groups is 2. The third kappa shape index (κ3) is 4.68. The Morgan fingerprint density at radius 3 is 2.30 bits per heavy atom. The van der Waals surface area contributed by atoms with Crippen molar-refractivity contribution in [3.63, 3.8) is 0 Å². The standard InChI is InChI=1S/C14H16Br2O4/c1-14(2,19-3)12(16)13(18)20-8-11(17)9-4-6-10(15)7-5-9/h4-7,12H,8H2,1-3H3/t12-/m0/s1. The number of benzene rings is 1. The van der Waals surface area contributed by atoms with Crippen LogP contribution in [-0.2, 0) is 14.3 Å². The molecular formula is C14H16Br2O4. The number of esters is 1. The molecule has 0 radical (unpaired) electrons. The van der Waals surface area contributed by atoms with Crippen molar-refractivity contribution in [3.05, 3.63) is 34.3 Å². The quantitative estimate of drug-likeness (QED) is 0.412. The zero-order valence-corrected chi connectivity index (χ0v) is 14.7. The number of halogens is 2. The molecule has 110 valence electrons. The number of hydrogen-bond donors (Lipinski definition) is 0. The lowest BCUT2D eigenvalue weighted by Crippen LogP contribution is -2.40. The van der Waals surface area contributed by atoms with Crippen molar-refractivity contribution in [3.8, 4) is 0 Å². The highest BCUT2D eigenvalue weighted by atomic mass is 79.9. The van der Waals surface area contributed by atoms with Gasteiger partial charge in [-0.1, -0.05) is 44.0 Å². The molecular weight excluding hydrogens is 392 g/mol. The monoisotopic (exact) mass is 406 g/mol. The maximum Gasteiger partial charge on any atom is 0.323 e. The number of hydrogen-bond acceptors (Lipinski definition) is 4. The Kier molecular flexibility index (Phi) is 6.36. The van der Waals surface area contributed by atoms with Crippen LogP contribution in [0.4, 0.5) is 0 Å². The predicted octanol–water partition coefficient (Wildman–Crippen LogP) is 3.36. The number of ketones is 1. The molecule has 1 aromatic rings. The van der Waals surface area contributed by atoms with Crippen molar-refractivity contribution in [2.45, 2.75) is 24.3 Å². The molecule has 1 rings (SSSR count). The first-order valence-electron chi connectivity index (χ1n) is 5.92. The van der Waals surface area contributed by atoms with Gasteiger partial charge in [-0.3, -0.25) is 9.59 Å². The molecule has 1 atom stereocenters. The fourth-order valence-corrected chi connectivity index (χ4v) is 1.90. The van der Waals surface area contributed by atoms with Crippen LogP contribution in [0.25, 0.3) is 0 Å². The normalized spacial score (nSPS) is 12.8. The zero-order chi connectivity index (χ0) is 15.3. The van der Waals surface area contributed by atoms with Crippen molar-refractivity contribution < 1.29 is 19.1 Å². The summed E-state index contributed by atoms with van der Waals surface area (Å²) in [6, 6.07) is 6.86. The van der Waals surface area contributed by atoms with Gasteiger partial charge in [-0.2, -0.15) is 0 Å². The van der Waals surface area contributed by atoms with Crippen molar-refractivity contribution in [2.24, 2.45) is 0 Å². The molecule has 0 unspecified atom stereocenters. The van der Waals surface area contributed by atoms with Crippen molar-refractivity contribution in [2.75, 3.05) is 13.7 Å². The Morgan fingerprint density at radius 2 is 1.80 bits per heavy atom. The molecule has 0 aromatic heterocycles. The van der Waals surface area contributed by atoms with Crippen LogP contribution in [0.3, 0.4) is 0 Å². The molecule has 0 saturated heterocycles. The summed E-state index contributed by atoms with van der Waals surface area (Å²) >= 11 is 6.51. The minimum atomic E-state index is -0.711. The average Bonchev–Trinajstić information content (AvgIpc) is 2.44. The summed E-state index contributed by atoms with van der Waals surface area (Å²) in [6.45, 7) is 3.22. The van der Waals surface area contributed by atoms with E-state index < -0.39 is 16.4 Å². The minimum Gasteiger partial charge on any atom is -0.456 e. The molecule has 0 fully saturated rings. The first-order valence-corrected chi connectivity index (χ1v) is 7.63. The van der Waals surface area contributed by atoms with Gasteiger partial charge in [0.15, 0.2) is 12.4 Å². The largest absolute Gasteiger partial charge is 0.456 e. The number of carbonyl (C=O) groups excluding carboxylic acids is 2. The van der Waals surface area contributed by atoms with Crippen LogP contribution < -0.4 is 0 Å². The van der Waals surface area contributed by atoms with Crippen molar-refractivity contribution in [1.29, 1.82) is 0 Å². The Labute approximate surface area is 135 Å². The van der Waals surface area contributed by atoms with E-state index in [9.17, 15) is 9.59 Å². The van der Waals surface area contributed by atoms with Gasteiger partial charge in [-0.25, -0.2) is 0 Å². The summed E-state index contributed by atoms with van der Waals surface area (Å²) in [5, 5.41) is 0. The van der Waals surface area contributed by atoms with Crippen molar-refractivity contribution in [1.82, 2.24) is 0 Å². The second-order valence-corrected chi connectivity index (χ2v) is 6.54. The number of ether oxygens (including phenoxy) is 2. The van der Waals surface area contributed by atoms with Crippen LogP contribution in [0.5, 0.6) is 0 Å².